The van der Waals surface area contributed by atoms with Crippen molar-refractivity contribution < 1.29 is 95.2 Å². The number of hydrogen-bond donors (Lipinski definition) is 0. The van der Waals surface area contributed by atoms with Crippen LogP contribution < -0.4 is 0 Å². The van der Waals surface area contributed by atoms with Gasteiger partial charge in [0.1, 0.15) is 32.2 Å². The lowest BCUT2D eigenvalue weighted by atomic mass is 9.97. The van der Waals surface area contributed by atoms with E-state index in [1.165, 1.54) is 108 Å². The van der Waals surface area contributed by atoms with Crippen LogP contribution in [0.1, 0.15) is 88.6 Å². The molecule has 0 amide bonds. The molecular weight excluding hydrogens is 1230 g/mol. The van der Waals surface area contributed by atoms with Crippen LogP contribution in [0.25, 0.3) is 0 Å². The van der Waals surface area contributed by atoms with Crippen LogP contribution in [-0.2, 0) is 70.2 Å². The number of carbonyl (C=O) groups is 8. The van der Waals surface area contributed by atoms with Gasteiger partial charge in [-0.3, -0.25) is 0 Å². The summed E-state index contributed by atoms with van der Waals surface area (Å²) in [6.45, 7) is -2.49. The van der Waals surface area contributed by atoms with Crippen molar-refractivity contribution in [2.75, 3.05) is 13.2 Å². The van der Waals surface area contributed by atoms with Gasteiger partial charge in [-0.1, -0.05) is 151 Å². The second-order valence-corrected chi connectivity index (χ2v) is 21.3. The van der Waals surface area contributed by atoms with E-state index in [4.69, 9.17) is 56.8 Å². The minimum atomic E-state index is -1.80. The summed E-state index contributed by atoms with van der Waals surface area (Å²) in [5.74, 6) is -7.20. The van der Waals surface area contributed by atoms with Crippen molar-refractivity contribution in [2.24, 2.45) is 0 Å². The molecule has 2 aliphatic rings. The highest BCUT2D eigenvalue weighted by Gasteiger charge is 2.56. The summed E-state index contributed by atoms with van der Waals surface area (Å²) >= 11 is 0. The molecule has 10 atom stereocenters. The largest absolute Gasteiger partial charge is 0.459 e. The number of benzene rings is 8. The Bertz CT molecular complexity index is 3780. The summed E-state index contributed by atoms with van der Waals surface area (Å²) in [6, 6.07) is 63.0. The molecule has 0 bridgehead atoms. The SMILES string of the molecule is O=C(OC[C@H]1O[C@H](OCc2cnnn2CO[C@H]2O[C@H](COC(=O)c3ccccc3)[C@@H](OC(=O)c3ccccc3)[C@H](OC(=O)c3ccccc3)[C@@H]2OC(=O)c2ccccc2)[C@@H](OC(=O)c2ccccc2)[C@@H](OC(=O)c2ccccc2)[C@@H]1OC(=O)c1ccccc1)c1ccccc1. The predicted octanol–water partition coefficient (Wildman–Crippen LogP) is 9.29. The molecule has 0 unspecified atom stereocenters. The molecule has 2 aliphatic heterocycles. The van der Waals surface area contributed by atoms with E-state index in [-0.39, 0.29) is 50.2 Å². The van der Waals surface area contributed by atoms with E-state index < -0.39 is 136 Å². The van der Waals surface area contributed by atoms with E-state index in [1.54, 1.807) is 146 Å². The first-order valence-corrected chi connectivity index (χ1v) is 29.9. The number of hydrogen-bond acceptors (Lipinski definition) is 22. The van der Waals surface area contributed by atoms with Gasteiger partial charge in [0.05, 0.1) is 63.0 Å². The Labute approximate surface area is 542 Å². The number of carbonyl (C=O) groups excluding carboxylic acids is 8. The fraction of sp³-hybridized carbons (Fsp3) is 0.194. The Kier molecular flexibility index (Phi) is 21.7. The van der Waals surface area contributed by atoms with E-state index in [2.05, 4.69) is 10.3 Å². The zero-order chi connectivity index (χ0) is 65.9. The number of ether oxygens (including phenoxy) is 12. The third-order valence-corrected chi connectivity index (χ3v) is 14.9. The lowest BCUT2D eigenvalue weighted by molar-refractivity contribution is -0.308. The first-order valence-electron chi connectivity index (χ1n) is 29.9. The maximum Gasteiger partial charge on any atom is 0.338 e. The summed E-state index contributed by atoms with van der Waals surface area (Å²) in [5, 5.41) is 8.33. The summed E-state index contributed by atoms with van der Waals surface area (Å²) < 4.78 is 76.2. The third kappa shape index (κ3) is 16.8. The van der Waals surface area contributed by atoms with Crippen LogP contribution in [0.15, 0.2) is 249 Å². The highest BCUT2D eigenvalue weighted by molar-refractivity contribution is 5.93. The van der Waals surface area contributed by atoms with Crippen molar-refractivity contribution in [1.82, 2.24) is 15.0 Å². The van der Waals surface area contributed by atoms with E-state index in [9.17, 15) is 38.4 Å². The maximum absolute atomic E-state index is 14.3. The Morgan fingerprint density at radius 2 is 0.568 bits per heavy atom. The first kappa shape index (κ1) is 65.0. The van der Waals surface area contributed by atoms with E-state index >= 15 is 0 Å². The monoisotopic (exact) mass is 1290 g/mol. The zero-order valence-corrected chi connectivity index (χ0v) is 50.3. The molecule has 2 saturated heterocycles. The predicted molar refractivity (Wildman–Crippen MR) is 331 cm³/mol. The molecule has 9 aromatic rings. The lowest BCUT2D eigenvalue weighted by Crippen LogP contribution is -2.63. The number of esters is 8. The molecule has 0 N–H and O–H groups in total. The highest BCUT2D eigenvalue weighted by atomic mass is 16.8. The fourth-order valence-electron chi connectivity index (χ4n) is 10.1. The van der Waals surface area contributed by atoms with E-state index in [0.717, 1.165) is 0 Å². The van der Waals surface area contributed by atoms with Gasteiger partial charge >= 0.3 is 47.8 Å². The van der Waals surface area contributed by atoms with Crippen LogP contribution in [0, 0.1) is 0 Å². The molecule has 0 spiro atoms. The molecular formula is C72H59N3O20. The summed E-state index contributed by atoms with van der Waals surface area (Å²) in [7, 11) is 0. The van der Waals surface area contributed by atoms with Crippen LogP contribution in [0.3, 0.4) is 0 Å². The van der Waals surface area contributed by atoms with Crippen LogP contribution in [0.5, 0.6) is 0 Å². The summed E-state index contributed by atoms with van der Waals surface area (Å²) in [4.78, 5) is 113. The second-order valence-electron chi connectivity index (χ2n) is 21.3. The van der Waals surface area contributed by atoms with Crippen molar-refractivity contribution in [3.8, 4) is 0 Å². The van der Waals surface area contributed by atoms with Crippen LogP contribution in [0.4, 0.5) is 0 Å². The van der Waals surface area contributed by atoms with E-state index in [1.807, 2.05) is 0 Å². The average Bonchev–Trinajstić information content (AvgIpc) is 0.984. The topological polar surface area (TPSA) is 278 Å². The van der Waals surface area contributed by atoms with Crippen molar-refractivity contribution in [3.63, 3.8) is 0 Å². The van der Waals surface area contributed by atoms with Gasteiger partial charge in [0.15, 0.2) is 42.9 Å². The Morgan fingerprint density at radius 3 is 0.863 bits per heavy atom. The maximum atomic E-state index is 14.3. The van der Waals surface area contributed by atoms with Crippen molar-refractivity contribution >= 4 is 47.8 Å². The van der Waals surface area contributed by atoms with Crippen LogP contribution >= 0.6 is 0 Å². The minimum Gasteiger partial charge on any atom is -0.459 e. The molecule has 0 radical (unpaired) electrons. The molecule has 95 heavy (non-hydrogen) atoms. The van der Waals surface area contributed by atoms with Gasteiger partial charge in [0.2, 0.25) is 6.29 Å². The Hall–Kier alpha value is -11.5. The van der Waals surface area contributed by atoms with Crippen LogP contribution in [0.2, 0.25) is 0 Å². The molecule has 2 fully saturated rings. The molecule has 23 heteroatoms. The summed E-state index contributed by atoms with van der Waals surface area (Å²) in [6.07, 6.45) is -15.8. The number of aromatic nitrogens is 3. The van der Waals surface area contributed by atoms with Crippen molar-refractivity contribution in [1.29, 1.82) is 0 Å². The van der Waals surface area contributed by atoms with Crippen molar-refractivity contribution in [2.45, 2.75) is 74.7 Å². The molecule has 11 rings (SSSR count). The van der Waals surface area contributed by atoms with Gasteiger partial charge in [0.25, 0.3) is 0 Å². The molecule has 0 saturated carbocycles. The van der Waals surface area contributed by atoms with Gasteiger partial charge in [-0.2, -0.15) is 0 Å². The standard InChI is InChI=1S/C72H59N3O20/c76-63(46-25-9-1-10-26-46)84-43-55-57(90-65(78)48-29-13-3-14-30-48)59(92-67(80)50-33-17-5-18-34-50)61(94-69(82)52-37-21-7-22-38-52)71(88-55)86-42-54-41-73-74-75(54)45-87-72-62(95-70(83)53-39-23-8-24-40-53)60(93-68(81)51-35-19-6-20-36-51)58(91-66(79)49-31-15-4-16-32-49)56(89-72)44-85-64(77)47-27-11-2-12-28-47/h1-41,55-62,71-72H,42-45H2/t55-,56-,57-,58-,59+,60+,61+,62+,71+,72+/m1/s1. The smallest absolute Gasteiger partial charge is 0.338 e. The van der Waals surface area contributed by atoms with Gasteiger partial charge in [-0.25, -0.2) is 43.0 Å². The molecule has 23 nitrogen and oxygen atoms in total. The van der Waals surface area contributed by atoms with Gasteiger partial charge < -0.3 is 56.8 Å². The van der Waals surface area contributed by atoms with Gasteiger partial charge in [-0.15, -0.1) is 5.10 Å². The quantitative estimate of drug-likeness (QED) is 0.0402. The minimum absolute atomic E-state index is 0.0545. The molecule has 482 valence electrons. The lowest BCUT2D eigenvalue weighted by Gasteiger charge is -2.44. The highest BCUT2D eigenvalue weighted by Crippen LogP contribution is 2.35. The molecule has 1 aromatic heterocycles. The molecule has 8 aromatic carbocycles. The Balaban J connectivity index is 0.934. The molecule has 0 aliphatic carbocycles. The Morgan fingerprint density at radius 1 is 0.316 bits per heavy atom. The van der Waals surface area contributed by atoms with Gasteiger partial charge in [0, 0.05) is 0 Å². The average molecular weight is 1290 g/mol. The molecule has 3 heterocycles. The number of rotatable bonds is 24. The zero-order valence-electron chi connectivity index (χ0n) is 50.3. The first-order chi connectivity index (χ1) is 46.4. The number of nitrogens with zero attached hydrogens (tertiary/aromatic N) is 3. The van der Waals surface area contributed by atoms with Crippen molar-refractivity contribution in [3.05, 3.63) is 299 Å². The normalized spacial score (nSPS) is 20.5. The van der Waals surface area contributed by atoms with Crippen LogP contribution in [-0.4, -0.2) is 137 Å². The summed E-state index contributed by atoms with van der Waals surface area (Å²) in [5.41, 5.74) is 0.811. The van der Waals surface area contributed by atoms with Gasteiger partial charge in [-0.05, 0) is 97.1 Å². The fourth-order valence-corrected chi connectivity index (χ4v) is 10.1. The second kappa shape index (κ2) is 31.7. The third-order valence-electron chi connectivity index (χ3n) is 14.9. The van der Waals surface area contributed by atoms with E-state index in [0.29, 0.717) is 0 Å².